The fourth-order valence-electron chi connectivity index (χ4n) is 3.21. The number of hydrogen-bond donors (Lipinski definition) is 0. The van der Waals surface area contributed by atoms with Crippen LogP contribution in [0.5, 0.6) is 0 Å². The van der Waals surface area contributed by atoms with Crippen molar-refractivity contribution in [2.45, 2.75) is 39.2 Å². The lowest BCUT2D eigenvalue weighted by molar-refractivity contribution is 0.272. The van der Waals surface area contributed by atoms with Crippen molar-refractivity contribution in [2.24, 2.45) is 0 Å². The minimum Gasteiger partial charge on any atom is -0.300 e. The Kier molecular flexibility index (Phi) is 4.40. The molecular formula is C20H25N. The average Bonchev–Trinajstić information content (AvgIpc) is 2.92. The Bertz CT molecular complexity index is 568. The number of rotatable bonds is 4. The zero-order valence-electron chi connectivity index (χ0n) is 13.2. The fourth-order valence-corrected chi connectivity index (χ4v) is 3.21. The summed E-state index contributed by atoms with van der Waals surface area (Å²) >= 11 is 0. The van der Waals surface area contributed by atoms with E-state index in [4.69, 9.17) is 0 Å². The summed E-state index contributed by atoms with van der Waals surface area (Å²) in [6.07, 6.45) is 3.90. The van der Waals surface area contributed by atoms with Crippen LogP contribution in [0.15, 0.2) is 48.5 Å². The molecule has 1 nitrogen and oxygen atoms in total. The zero-order chi connectivity index (χ0) is 14.7. The molecule has 1 saturated heterocycles. The van der Waals surface area contributed by atoms with Crippen LogP contribution in [0.1, 0.15) is 30.9 Å². The van der Waals surface area contributed by atoms with Crippen molar-refractivity contribution in [3.8, 4) is 11.1 Å². The first-order chi connectivity index (χ1) is 10.2. The third kappa shape index (κ3) is 3.54. The van der Waals surface area contributed by atoms with E-state index in [1.807, 2.05) is 0 Å². The van der Waals surface area contributed by atoms with Gasteiger partial charge in [-0.25, -0.2) is 0 Å². The molecule has 1 heterocycles. The van der Waals surface area contributed by atoms with Gasteiger partial charge in [-0.15, -0.1) is 0 Å². The van der Waals surface area contributed by atoms with Gasteiger partial charge in [-0.05, 0) is 56.3 Å². The molecule has 0 spiro atoms. The summed E-state index contributed by atoms with van der Waals surface area (Å²) in [4.78, 5) is 2.62. The second-order valence-corrected chi connectivity index (χ2v) is 6.34. The smallest absolute Gasteiger partial charge is 0.00675 e. The molecule has 3 rings (SSSR count). The maximum absolute atomic E-state index is 2.62. The Labute approximate surface area is 128 Å². The standard InChI is InChI=1S/C20H25N/c1-16-5-9-19(10-6-16)20-11-7-18(8-12-20)13-15-21-14-3-4-17(21)2/h5-12,17H,3-4,13-15H2,1-2H3. The molecule has 1 heteroatoms. The SMILES string of the molecule is Cc1ccc(-c2ccc(CCN3CCCC3C)cc2)cc1. The molecule has 1 aliphatic heterocycles. The van der Waals surface area contributed by atoms with Crippen LogP contribution in [0.25, 0.3) is 11.1 Å². The Morgan fingerprint density at radius 3 is 2.14 bits per heavy atom. The van der Waals surface area contributed by atoms with Crippen molar-refractivity contribution < 1.29 is 0 Å². The summed E-state index contributed by atoms with van der Waals surface area (Å²) in [6, 6.07) is 18.6. The summed E-state index contributed by atoms with van der Waals surface area (Å²) in [6.45, 7) is 6.97. The van der Waals surface area contributed by atoms with E-state index in [2.05, 4.69) is 67.3 Å². The summed E-state index contributed by atoms with van der Waals surface area (Å²) in [5.41, 5.74) is 5.38. The quantitative estimate of drug-likeness (QED) is 0.785. The van der Waals surface area contributed by atoms with E-state index in [0.717, 1.165) is 6.04 Å². The third-order valence-corrected chi connectivity index (χ3v) is 4.72. The van der Waals surface area contributed by atoms with Gasteiger partial charge < -0.3 is 4.90 Å². The lowest BCUT2D eigenvalue weighted by Crippen LogP contribution is -2.28. The molecule has 0 saturated carbocycles. The van der Waals surface area contributed by atoms with Crippen LogP contribution in [0.4, 0.5) is 0 Å². The van der Waals surface area contributed by atoms with Gasteiger partial charge in [0.15, 0.2) is 0 Å². The number of aryl methyl sites for hydroxylation is 1. The highest BCUT2D eigenvalue weighted by Crippen LogP contribution is 2.21. The largest absolute Gasteiger partial charge is 0.300 e. The van der Waals surface area contributed by atoms with E-state index in [0.29, 0.717) is 0 Å². The highest BCUT2D eigenvalue weighted by atomic mass is 15.2. The van der Waals surface area contributed by atoms with E-state index in [1.165, 1.54) is 54.6 Å². The van der Waals surface area contributed by atoms with Crippen LogP contribution >= 0.6 is 0 Å². The minimum absolute atomic E-state index is 0.775. The van der Waals surface area contributed by atoms with Gasteiger partial charge in [0.05, 0.1) is 0 Å². The molecule has 0 radical (unpaired) electrons. The number of benzene rings is 2. The van der Waals surface area contributed by atoms with Gasteiger partial charge in [-0.2, -0.15) is 0 Å². The van der Waals surface area contributed by atoms with Gasteiger partial charge in [0, 0.05) is 12.6 Å². The molecule has 21 heavy (non-hydrogen) atoms. The van der Waals surface area contributed by atoms with Gasteiger partial charge in [0.25, 0.3) is 0 Å². The molecule has 1 aliphatic rings. The number of hydrogen-bond acceptors (Lipinski definition) is 1. The lowest BCUT2D eigenvalue weighted by atomic mass is 10.0. The first-order valence-electron chi connectivity index (χ1n) is 8.12. The minimum atomic E-state index is 0.775. The zero-order valence-corrected chi connectivity index (χ0v) is 13.2. The Morgan fingerprint density at radius 2 is 1.57 bits per heavy atom. The first kappa shape index (κ1) is 14.3. The van der Waals surface area contributed by atoms with E-state index >= 15 is 0 Å². The monoisotopic (exact) mass is 279 g/mol. The number of nitrogens with zero attached hydrogens (tertiary/aromatic N) is 1. The summed E-state index contributed by atoms with van der Waals surface area (Å²) < 4.78 is 0. The Hall–Kier alpha value is -1.60. The van der Waals surface area contributed by atoms with Crippen molar-refractivity contribution in [3.05, 3.63) is 59.7 Å². The fraction of sp³-hybridized carbons (Fsp3) is 0.400. The van der Waals surface area contributed by atoms with Crippen molar-refractivity contribution in [1.29, 1.82) is 0 Å². The Morgan fingerprint density at radius 1 is 0.952 bits per heavy atom. The van der Waals surface area contributed by atoms with E-state index in [-0.39, 0.29) is 0 Å². The second kappa shape index (κ2) is 6.44. The molecule has 0 amide bonds. The van der Waals surface area contributed by atoms with Crippen LogP contribution < -0.4 is 0 Å². The van der Waals surface area contributed by atoms with Crippen LogP contribution in [0.2, 0.25) is 0 Å². The summed E-state index contributed by atoms with van der Waals surface area (Å²) in [5, 5.41) is 0. The van der Waals surface area contributed by atoms with Crippen molar-refractivity contribution in [1.82, 2.24) is 4.90 Å². The molecule has 2 aromatic rings. The maximum atomic E-state index is 2.62. The number of likely N-dealkylation sites (tertiary alicyclic amines) is 1. The van der Waals surface area contributed by atoms with Gasteiger partial charge in [0.2, 0.25) is 0 Å². The normalized spacial score (nSPS) is 19.0. The average molecular weight is 279 g/mol. The third-order valence-electron chi connectivity index (χ3n) is 4.72. The van der Waals surface area contributed by atoms with Gasteiger partial charge >= 0.3 is 0 Å². The predicted octanol–water partition coefficient (Wildman–Crippen LogP) is 4.69. The van der Waals surface area contributed by atoms with Gasteiger partial charge in [-0.3, -0.25) is 0 Å². The molecule has 0 N–H and O–H groups in total. The molecule has 110 valence electrons. The van der Waals surface area contributed by atoms with Crippen LogP contribution in [0.3, 0.4) is 0 Å². The van der Waals surface area contributed by atoms with Crippen molar-refractivity contribution in [3.63, 3.8) is 0 Å². The second-order valence-electron chi connectivity index (χ2n) is 6.34. The van der Waals surface area contributed by atoms with E-state index in [9.17, 15) is 0 Å². The van der Waals surface area contributed by atoms with Gasteiger partial charge in [-0.1, -0.05) is 54.1 Å². The molecule has 1 fully saturated rings. The van der Waals surface area contributed by atoms with Crippen LogP contribution in [-0.4, -0.2) is 24.0 Å². The highest BCUT2D eigenvalue weighted by Gasteiger charge is 2.19. The van der Waals surface area contributed by atoms with E-state index in [1.54, 1.807) is 0 Å². The summed E-state index contributed by atoms with van der Waals surface area (Å²) in [7, 11) is 0. The molecule has 2 aromatic carbocycles. The van der Waals surface area contributed by atoms with Crippen molar-refractivity contribution in [2.75, 3.05) is 13.1 Å². The topological polar surface area (TPSA) is 3.24 Å². The first-order valence-corrected chi connectivity index (χ1v) is 8.12. The van der Waals surface area contributed by atoms with E-state index < -0.39 is 0 Å². The maximum Gasteiger partial charge on any atom is 0.00675 e. The predicted molar refractivity (Wildman–Crippen MR) is 90.6 cm³/mol. The van der Waals surface area contributed by atoms with Crippen LogP contribution in [-0.2, 0) is 6.42 Å². The van der Waals surface area contributed by atoms with Crippen LogP contribution in [0, 0.1) is 6.92 Å². The Balaban J connectivity index is 1.62. The molecular weight excluding hydrogens is 254 g/mol. The highest BCUT2D eigenvalue weighted by molar-refractivity contribution is 5.63. The molecule has 0 aliphatic carbocycles. The molecule has 1 atom stereocenters. The van der Waals surface area contributed by atoms with Gasteiger partial charge in [0.1, 0.15) is 0 Å². The molecule has 0 bridgehead atoms. The molecule has 0 aromatic heterocycles. The van der Waals surface area contributed by atoms with Crippen molar-refractivity contribution >= 4 is 0 Å². The molecule has 1 unspecified atom stereocenters. The summed E-state index contributed by atoms with van der Waals surface area (Å²) in [5.74, 6) is 0. The lowest BCUT2D eigenvalue weighted by Gasteiger charge is -2.20.